The monoisotopic (exact) mass is 272 g/mol. The minimum Gasteiger partial charge on any atom is -0.459 e. The van der Waals surface area contributed by atoms with Gasteiger partial charge in [0.05, 0.1) is 11.0 Å². The summed E-state index contributed by atoms with van der Waals surface area (Å²) in [5, 5.41) is 10.5. The normalized spacial score (nSPS) is 11.9. The summed E-state index contributed by atoms with van der Waals surface area (Å²) in [4.78, 5) is 25.3. The van der Waals surface area contributed by atoms with Gasteiger partial charge in [0.15, 0.2) is 0 Å². The molecule has 0 N–H and O–H groups in total. The maximum Gasteiger partial charge on any atom is 0.341 e. The second-order valence-corrected chi connectivity index (χ2v) is 4.15. The molecule has 7 heteroatoms. The molecule has 1 atom stereocenters. The zero-order valence-corrected chi connectivity index (χ0v) is 10.8. The Balaban J connectivity index is 2.91. The Kier molecular flexibility index (Phi) is 5.03. The molecule has 1 unspecified atom stereocenters. The van der Waals surface area contributed by atoms with Crippen LogP contribution in [0, 0.1) is 10.1 Å². The fourth-order valence-electron chi connectivity index (χ4n) is 1.39. The number of hydrogen-bond donors (Lipinski definition) is 0. The van der Waals surface area contributed by atoms with Crippen molar-refractivity contribution in [3.63, 3.8) is 0 Å². The number of pyridine rings is 1. The van der Waals surface area contributed by atoms with Crippen molar-refractivity contribution in [1.82, 2.24) is 4.98 Å². The molecule has 0 radical (unpaired) electrons. The predicted molar refractivity (Wildman–Crippen MR) is 65.7 cm³/mol. The predicted octanol–water partition coefficient (Wildman–Crippen LogP) is 2.99. The maximum absolute atomic E-state index is 11.8. The van der Waals surface area contributed by atoms with Crippen molar-refractivity contribution in [3.05, 3.63) is 33.1 Å². The molecule has 0 fully saturated rings. The van der Waals surface area contributed by atoms with Gasteiger partial charge >= 0.3 is 5.97 Å². The van der Waals surface area contributed by atoms with Crippen LogP contribution < -0.4 is 0 Å². The van der Waals surface area contributed by atoms with Crippen LogP contribution in [0.15, 0.2) is 12.3 Å². The molecule has 0 aliphatic rings. The highest BCUT2D eigenvalue weighted by atomic mass is 35.5. The summed E-state index contributed by atoms with van der Waals surface area (Å²) in [7, 11) is 0. The average Bonchev–Trinajstić information content (AvgIpc) is 2.29. The molecule has 1 heterocycles. The van der Waals surface area contributed by atoms with Crippen LogP contribution in [0.1, 0.15) is 37.0 Å². The van der Waals surface area contributed by atoms with E-state index in [-0.39, 0.29) is 22.5 Å². The highest BCUT2D eigenvalue weighted by Crippen LogP contribution is 2.20. The topological polar surface area (TPSA) is 82.3 Å². The molecule has 0 bridgehead atoms. The van der Waals surface area contributed by atoms with E-state index in [9.17, 15) is 14.9 Å². The smallest absolute Gasteiger partial charge is 0.341 e. The summed E-state index contributed by atoms with van der Waals surface area (Å²) in [6.07, 6.45) is 2.31. The van der Waals surface area contributed by atoms with Crippen LogP contribution in [-0.4, -0.2) is 22.0 Å². The molecular formula is C11H13ClN2O4. The molecule has 0 aliphatic heterocycles. The van der Waals surface area contributed by atoms with Gasteiger partial charge in [-0.05, 0) is 13.3 Å². The van der Waals surface area contributed by atoms with Gasteiger partial charge in [-0.3, -0.25) is 10.1 Å². The van der Waals surface area contributed by atoms with E-state index >= 15 is 0 Å². The molecule has 98 valence electrons. The number of nitrogens with zero attached hydrogens (tertiary/aromatic N) is 2. The second-order valence-electron chi connectivity index (χ2n) is 3.79. The largest absolute Gasteiger partial charge is 0.459 e. The molecule has 0 saturated carbocycles. The highest BCUT2D eigenvalue weighted by Gasteiger charge is 2.19. The number of aromatic nitrogens is 1. The lowest BCUT2D eigenvalue weighted by molar-refractivity contribution is -0.385. The standard InChI is InChI=1S/C11H13ClN2O4/c1-3-4-7(2)18-11(15)9-5-8(14(16)17)6-13-10(9)12/h5-7H,3-4H2,1-2H3. The molecule has 6 nitrogen and oxygen atoms in total. The van der Waals surface area contributed by atoms with Crippen LogP contribution in [0.3, 0.4) is 0 Å². The Labute approximate surface area is 109 Å². The Morgan fingerprint density at radius 2 is 2.33 bits per heavy atom. The summed E-state index contributed by atoms with van der Waals surface area (Å²) in [5.41, 5.74) is -0.386. The molecule has 18 heavy (non-hydrogen) atoms. The number of nitro groups is 1. The minimum atomic E-state index is -0.697. The SMILES string of the molecule is CCCC(C)OC(=O)c1cc([N+](=O)[O-])cnc1Cl. The van der Waals surface area contributed by atoms with Crippen molar-refractivity contribution in [2.45, 2.75) is 32.8 Å². The van der Waals surface area contributed by atoms with Gasteiger partial charge in [-0.15, -0.1) is 0 Å². The third-order valence-corrected chi connectivity index (χ3v) is 2.56. The van der Waals surface area contributed by atoms with Gasteiger partial charge in [0.1, 0.15) is 16.9 Å². The van der Waals surface area contributed by atoms with E-state index in [4.69, 9.17) is 16.3 Å². The number of ether oxygens (including phenoxy) is 1. The van der Waals surface area contributed by atoms with E-state index in [1.165, 1.54) is 0 Å². The molecule has 1 aromatic heterocycles. The third kappa shape index (κ3) is 3.66. The fourth-order valence-corrected chi connectivity index (χ4v) is 1.57. The van der Waals surface area contributed by atoms with Gasteiger partial charge < -0.3 is 4.74 Å². The first-order valence-electron chi connectivity index (χ1n) is 5.46. The first-order chi connectivity index (χ1) is 8.45. The summed E-state index contributed by atoms with van der Waals surface area (Å²) in [6.45, 7) is 3.71. The van der Waals surface area contributed by atoms with Crippen molar-refractivity contribution in [3.8, 4) is 0 Å². The Bertz CT molecular complexity index is 464. The molecule has 1 rings (SSSR count). The molecule has 0 aliphatic carbocycles. The molecular weight excluding hydrogens is 260 g/mol. The summed E-state index contributed by atoms with van der Waals surface area (Å²) >= 11 is 5.72. The van der Waals surface area contributed by atoms with Gasteiger partial charge in [-0.1, -0.05) is 24.9 Å². The molecule has 0 amide bonds. The zero-order valence-electron chi connectivity index (χ0n) is 10.1. The van der Waals surface area contributed by atoms with Crippen LogP contribution in [-0.2, 0) is 4.74 Å². The third-order valence-electron chi connectivity index (χ3n) is 2.26. The molecule has 0 saturated heterocycles. The van der Waals surface area contributed by atoms with Crippen LogP contribution in [0.4, 0.5) is 5.69 Å². The Morgan fingerprint density at radius 1 is 1.67 bits per heavy atom. The fraction of sp³-hybridized carbons (Fsp3) is 0.455. The lowest BCUT2D eigenvalue weighted by Gasteiger charge is -2.12. The second kappa shape index (κ2) is 6.30. The van der Waals surface area contributed by atoms with Crippen LogP contribution in [0.25, 0.3) is 0 Å². The quantitative estimate of drug-likeness (QED) is 0.356. The van der Waals surface area contributed by atoms with Crippen LogP contribution >= 0.6 is 11.6 Å². The minimum absolute atomic E-state index is 0.0891. The van der Waals surface area contributed by atoms with Crippen molar-refractivity contribution >= 4 is 23.3 Å². The van der Waals surface area contributed by atoms with E-state index in [1.807, 2.05) is 6.92 Å². The van der Waals surface area contributed by atoms with E-state index in [1.54, 1.807) is 6.92 Å². The van der Waals surface area contributed by atoms with Crippen molar-refractivity contribution in [2.24, 2.45) is 0 Å². The first kappa shape index (κ1) is 14.4. The number of halogens is 1. The first-order valence-corrected chi connectivity index (χ1v) is 5.84. The number of esters is 1. The maximum atomic E-state index is 11.8. The van der Waals surface area contributed by atoms with Crippen LogP contribution in [0.5, 0.6) is 0 Å². The lowest BCUT2D eigenvalue weighted by Crippen LogP contribution is -2.15. The van der Waals surface area contributed by atoms with Crippen LogP contribution in [0.2, 0.25) is 5.15 Å². The van der Waals surface area contributed by atoms with Gasteiger partial charge in [0.25, 0.3) is 5.69 Å². The summed E-state index contributed by atoms with van der Waals surface area (Å²) < 4.78 is 5.11. The van der Waals surface area contributed by atoms with E-state index < -0.39 is 10.9 Å². The number of carbonyl (C=O) groups is 1. The van der Waals surface area contributed by atoms with Crippen molar-refractivity contribution in [1.29, 1.82) is 0 Å². The zero-order chi connectivity index (χ0) is 13.7. The van der Waals surface area contributed by atoms with E-state index in [0.717, 1.165) is 18.7 Å². The number of carbonyl (C=O) groups excluding carboxylic acids is 1. The van der Waals surface area contributed by atoms with Crippen molar-refractivity contribution in [2.75, 3.05) is 0 Å². The summed E-state index contributed by atoms with van der Waals surface area (Å²) in [6, 6.07) is 1.07. The molecule has 0 aromatic carbocycles. The van der Waals surface area contributed by atoms with Gasteiger partial charge in [0.2, 0.25) is 0 Å². The summed E-state index contributed by atoms with van der Waals surface area (Å²) in [5.74, 6) is -0.697. The van der Waals surface area contributed by atoms with Gasteiger partial charge in [0, 0.05) is 6.07 Å². The lowest BCUT2D eigenvalue weighted by atomic mass is 10.2. The number of hydrogen-bond acceptors (Lipinski definition) is 5. The van der Waals surface area contributed by atoms with E-state index in [2.05, 4.69) is 4.98 Å². The van der Waals surface area contributed by atoms with Gasteiger partial charge in [-0.2, -0.15) is 0 Å². The highest BCUT2D eigenvalue weighted by molar-refractivity contribution is 6.32. The Morgan fingerprint density at radius 3 is 2.89 bits per heavy atom. The number of rotatable bonds is 5. The molecule has 0 spiro atoms. The average molecular weight is 273 g/mol. The Hall–Kier alpha value is -1.69. The van der Waals surface area contributed by atoms with Gasteiger partial charge in [-0.25, -0.2) is 9.78 Å². The van der Waals surface area contributed by atoms with Crippen molar-refractivity contribution < 1.29 is 14.5 Å². The van der Waals surface area contributed by atoms with E-state index in [0.29, 0.717) is 6.42 Å². The molecule has 1 aromatic rings.